The minimum absolute atomic E-state index is 0.00718. The number of nitrogens with one attached hydrogen (secondary N) is 1. The lowest BCUT2D eigenvalue weighted by molar-refractivity contribution is 0.102. The number of rotatable bonds is 3. The number of hydrogen-bond donors (Lipinski definition) is 1. The maximum Gasteiger partial charge on any atom is 0.271 e. The summed E-state index contributed by atoms with van der Waals surface area (Å²) in [7, 11) is 0. The molecule has 0 unspecified atom stereocenters. The predicted molar refractivity (Wildman–Crippen MR) is 110 cm³/mol. The zero-order chi connectivity index (χ0) is 19.8. The van der Waals surface area contributed by atoms with Crippen LogP contribution in [0.25, 0.3) is 16.3 Å². The van der Waals surface area contributed by atoms with Crippen LogP contribution in [-0.2, 0) is 13.0 Å². The molecule has 146 valence electrons. The molecule has 5 rings (SSSR count). The molecule has 0 bridgehead atoms. The molecule has 4 heterocycles. The molecular formula is C20H18N6O2S. The van der Waals surface area contributed by atoms with Gasteiger partial charge in [-0.05, 0) is 37.1 Å². The quantitative estimate of drug-likeness (QED) is 0.564. The summed E-state index contributed by atoms with van der Waals surface area (Å²) < 4.78 is 3.56. The van der Waals surface area contributed by atoms with Gasteiger partial charge in [0.25, 0.3) is 11.5 Å². The number of benzene rings is 1. The highest BCUT2D eigenvalue weighted by atomic mass is 32.1. The van der Waals surface area contributed by atoms with Crippen molar-refractivity contribution in [3.8, 4) is 11.4 Å². The van der Waals surface area contributed by atoms with Crippen molar-refractivity contribution in [2.75, 3.05) is 5.32 Å². The van der Waals surface area contributed by atoms with Crippen molar-refractivity contribution in [3.63, 3.8) is 0 Å². The molecular weight excluding hydrogens is 388 g/mol. The van der Waals surface area contributed by atoms with Crippen molar-refractivity contribution in [1.82, 2.24) is 24.1 Å². The van der Waals surface area contributed by atoms with Crippen LogP contribution in [0, 0.1) is 0 Å². The van der Waals surface area contributed by atoms with Gasteiger partial charge < -0.3 is 9.88 Å². The van der Waals surface area contributed by atoms with Gasteiger partial charge in [-0.3, -0.25) is 14.0 Å². The van der Waals surface area contributed by atoms with E-state index in [0.29, 0.717) is 10.6 Å². The predicted octanol–water partition coefficient (Wildman–Crippen LogP) is 2.99. The molecule has 0 fully saturated rings. The second-order valence-electron chi connectivity index (χ2n) is 6.97. The van der Waals surface area contributed by atoms with Gasteiger partial charge in [0.15, 0.2) is 10.8 Å². The van der Waals surface area contributed by atoms with Crippen LogP contribution in [0.15, 0.2) is 46.8 Å². The van der Waals surface area contributed by atoms with Crippen molar-refractivity contribution in [1.29, 1.82) is 0 Å². The summed E-state index contributed by atoms with van der Waals surface area (Å²) in [5, 5.41) is 13.2. The normalized spacial score (nSPS) is 13.8. The first kappa shape index (κ1) is 17.7. The third kappa shape index (κ3) is 3.23. The Kier molecular flexibility index (Phi) is 4.44. The zero-order valence-electron chi connectivity index (χ0n) is 15.5. The molecule has 0 saturated carbocycles. The Balaban J connectivity index is 1.38. The molecule has 8 nitrogen and oxygen atoms in total. The number of fused-ring (bicyclic) bond motifs is 2. The van der Waals surface area contributed by atoms with Gasteiger partial charge >= 0.3 is 0 Å². The lowest BCUT2D eigenvalue weighted by Gasteiger charge is -2.08. The number of hydrogen-bond acceptors (Lipinski definition) is 6. The summed E-state index contributed by atoms with van der Waals surface area (Å²) in [6.45, 7) is 0.929. The molecule has 0 saturated heterocycles. The van der Waals surface area contributed by atoms with E-state index >= 15 is 0 Å². The summed E-state index contributed by atoms with van der Waals surface area (Å²) in [5.41, 5.74) is 1.18. The van der Waals surface area contributed by atoms with Gasteiger partial charge in [-0.25, -0.2) is 4.98 Å². The fraction of sp³-hybridized carbons (Fsp3) is 0.250. The van der Waals surface area contributed by atoms with E-state index in [-0.39, 0.29) is 11.1 Å². The average Bonchev–Trinajstić information content (AvgIpc) is 3.30. The first-order valence-corrected chi connectivity index (χ1v) is 10.4. The Labute approximate surface area is 169 Å². The molecule has 3 aromatic heterocycles. The lowest BCUT2D eigenvalue weighted by atomic mass is 10.2. The molecule has 0 atom stereocenters. The van der Waals surface area contributed by atoms with Crippen LogP contribution < -0.4 is 10.9 Å². The van der Waals surface area contributed by atoms with Crippen LogP contribution >= 0.6 is 11.3 Å². The molecule has 1 amide bonds. The van der Waals surface area contributed by atoms with E-state index in [2.05, 4.69) is 25.1 Å². The smallest absolute Gasteiger partial charge is 0.271 e. The molecule has 29 heavy (non-hydrogen) atoms. The highest BCUT2D eigenvalue weighted by Crippen LogP contribution is 2.24. The molecule has 0 spiro atoms. The first-order chi connectivity index (χ1) is 14.2. The van der Waals surface area contributed by atoms with E-state index in [1.54, 1.807) is 23.7 Å². The Hall–Kier alpha value is -3.33. The number of amides is 1. The molecule has 1 N–H and O–H groups in total. The second kappa shape index (κ2) is 7.25. The molecule has 9 heteroatoms. The molecule has 0 radical (unpaired) electrons. The summed E-state index contributed by atoms with van der Waals surface area (Å²) in [4.78, 5) is 29.7. The van der Waals surface area contributed by atoms with Crippen LogP contribution in [0.1, 0.15) is 35.4 Å². The van der Waals surface area contributed by atoms with Crippen molar-refractivity contribution >= 4 is 27.9 Å². The van der Waals surface area contributed by atoms with Crippen LogP contribution in [0.5, 0.6) is 0 Å². The van der Waals surface area contributed by atoms with Crippen molar-refractivity contribution in [2.24, 2.45) is 0 Å². The summed E-state index contributed by atoms with van der Waals surface area (Å²) in [6.07, 6.45) is 7.38. The Morgan fingerprint density at radius 2 is 1.97 bits per heavy atom. The maximum absolute atomic E-state index is 12.6. The largest absolute Gasteiger partial charge is 0.322 e. The molecule has 1 aliphatic heterocycles. The van der Waals surface area contributed by atoms with Gasteiger partial charge in [0, 0.05) is 42.0 Å². The summed E-state index contributed by atoms with van der Waals surface area (Å²) in [5.74, 6) is 1.41. The van der Waals surface area contributed by atoms with E-state index in [0.717, 1.165) is 43.0 Å². The van der Waals surface area contributed by atoms with E-state index in [1.165, 1.54) is 28.4 Å². The topological polar surface area (TPSA) is 94.2 Å². The second-order valence-corrected chi connectivity index (χ2v) is 7.84. The average molecular weight is 406 g/mol. The molecule has 0 aliphatic carbocycles. The monoisotopic (exact) mass is 406 g/mol. The summed E-state index contributed by atoms with van der Waals surface area (Å²) >= 11 is 1.34. The van der Waals surface area contributed by atoms with Gasteiger partial charge in [0.05, 0.1) is 0 Å². The van der Waals surface area contributed by atoms with Gasteiger partial charge in [0.2, 0.25) is 0 Å². The van der Waals surface area contributed by atoms with Crippen LogP contribution in [0.2, 0.25) is 0 Å². The van der Waals surface area contributed by atoms with Crippen LogP contribution in [0.4, 0.5) is 5.69 Å². The van der Waals surface area contributed by atoms with Crippen LogP contribution in [-0.4, -0.2) is 30.1 Å². The Bertz CT molecular complexity index is 1250. The zero-order valence-corrected chi connectivity index (χ0v) is 16.4. The highest BCUT2D eigenvalue weighted by Gasteiger charge is 2.17. The van der Waals surface area contributed by atoms with Crippen molar-refractivity contribution in [2.45, 2.75) is 32.2 Å². The number of carbonyl (C=O) groups excluding carboxylic acids is 1. The molecule has 1 aromatic carbocycles. The van der Waals surface area contributed by atoms with Gasteiger partial charge in [-0.1, -0.05) is 6.42 Å². The fourth-order valence-corrected chi connectivity index (χ4v) is 4.26. The molecule has 1 aliphatic rings. The number of nitrogens with zero attached hydrogens (tertiary/aromatic N) is 5. The van der Waals surface area contributed by atoms with E-state index < -0.39 is 5.91 Å². The van der Waals surface area contributed by atoms with E-state index in [9.17, 15) is 9.59 Å². The minimum Gasteiger partial charge on any atom is -0.322 e. The number of thiazole rings is 1. The van der Waals surface area contributed by atoms with Gasteiger partial charge in [0.1, 0.15) is 11.4 Å². The number of carbonyl (C=O) groups is 1. The SMILES string of the molecule is O=C(Nc1ccc(-c2nnc3n2CCCCC3)cc1)c1cnc2sccn2c1=O. The first-order valence-electron chi connectivity index (χ1n) is 9.49. The Morgan fingerprint density at radius 1 is 1.10 bits per heavy atom. The van der Waals surface area contributed by atoms with Gasteiger partial charge in [-0.15, -0.1) is 21.5 Å². The minimum atomic E-state index is -0.479. The standard InChI is InChI=1S/C20H18N6O2S/c27-18(15-12-21-20-26(19(15)28)10-11-29-20)22-14-7-5-13(6-8-14)17-24-23-16-4-2-1-3-9-25(16)17/h5-8,10-12H,1-4,9H2,(H,22,27). The lowest BCUT2D eigenvalue weighted by Crippen LogP contribution is -2.25. The van der Waals surface area contributed by atoms with E-state index in [4.69, 9.17) is 0 Å². The fourth-order valence-electron chi connectivity index (χ4n) is 3.58. The maximum atomic E-state index is 12.6. The van der Waals surface area contributed by atoms with Crippen molar-refractivity contribution in [3.05, 3.63) is 63.8 Å². The number of aryl methyl sites for hydroxylation is 1. The highest BCUT2D eigenvalue weighted by molar-refractivity contribution is 7.15. The van der Waals surface area contributed by atoms with Gasteiger partial charge in [-0.2, -0.15) is 0 Å². The van der Waals surface area contributed by atoms with E-state index in [1.807, 2.05) is 12.1 Å². The van der Waals surface area contributed by atoms with Crippen LogP contribution in [0.3, 0.4) is 0 Å². The molecule has 4 aromatic rings. The summed E-state index contributed by atoms with van der Waals surface area (Å²) in [6, 6.07) is 7.43. The number of anilines is 1. The number of aromatic nitrogens is 5. The third-order valence-corrected chi connectivity index (χ3v) is 5.87. The van der Waals surface area contributed by atoms with Crippen molar-refractivity contribution < 1.29 is 4.79 Å². The third-order valence-electron chi connectivity index (χ3n) is 5.10. The Morgan fingerprint density at radius 3 is 2.83 bits per heavy atom.